The number of unbranched alkanes of at least 4 members (excludes halogenated alkanes) is 4. The van der Waals surface area contributed by atoms with Gasteiger partial charge in [-0.15, -0.1) is 0 Å². The molecule has 5 nitrogen and oxygen atoms in total. The maximum Gasteiger partial charge on any atom is 0.243 e. The highest BCUT2D eigenvalue weighted by Crippen LogP contribution is 2.19. The summed E-state index contributed by atoms with van der Waals surface area (Å²) in [6.45, 7) is 3.12. The fraction of sp³-hybridized carbons (Fsp3) is 0.409. The Morgan fingerprint density at radius 1 is 0.926 bits per heavy atom. The highest BCUT2D eigenvalue weighted by molar-refractivity contribution is 5.93. The van der Waals surface area contributed by atoms with Crippen LogP contribution in [0.3, 0.4) is 0 Å². The molecule has 5 heteroatoms. The highest BCUT2D eigenvalue weighted by Gasteiger charge is 2.04. The van der Waals surface area contributed by atoms with Crippen LogP contribution in [0.4, 0.5) is 11.4 Å². The Bertz CT molecular complexity index is 703. The van der Waals surface area contributed by atoms with Crippen LogP contribution in [0.25, 0.3) is 0 Å². The van der Waals surface area contributed by atoms with E-state index in [0.717, 1.165) is 24.5 Å². The zero-order valence-corrected chi connectivity index (χ0v) is 16.3. The Hall–Kier alpha value is -2.69. The summed E-state index contributed by atoms with van der Waals surface area (Å²) in [7, 11) is 1.60. The van der Waals surface area contributed by atoms with Crippen LogP contribution in [-0.4, -0.2) is 26.2 Å². The molecule has 2 aromatic carbocycles. The summed E-state index contributed by atoms with van der Waals surface area (Å²) in [5, 5.41) is 5.98. The van der Waals surface area contributed by atoms with E-state index < -0.39 is 0 Å². The number of benzene rings is 2. The number of ether oxygens (including phenoxy) is 2. The summed E-state index contributed by atoms with van der Waals surface area (Å²) in [6.07, 6.45) is 6.08. The normalized spacial score (nSPS) is 10.3. The Balaban J connectivity index is 1.74. The van der Waals surface area contributed by atoms with E-state index in [9.17, 15) is 4.79 Å². The fourth-order valence-corrected chi connectivity index (χ4v) is 2.68. The first kappa shape index (κ1) is 20.6. The molecule has 2 aromatic rings. The van der Waals surface area contributed by atoms with Gasteiger partial charge < -0.3 is 20.1 Å². The second-order valence-electron chi connectivity index (χ2n) is 6.42. The summed E-state index contributed by atoms with van der Waals surface area (Å²) in [5.74, 6) is 1.41. The van der Waals surface area contributed by atoms with Crippen LogP contribution in [0.15, 0.2) is 48.5 Å². The maximum absolute atomic E-state index is 12.1. The van der Waals surface area contributed by atoms with Crippen LogP contribution < -0.4 is 20.1 Å². The van der Waals surface area contributed by atoms with Gasteiger partial charge in [-0.3, -0.25) is 4.79 Å². The van der Waals surface area contributed by atoms with Gasteiger partial charge in [0.15, 0.2) is 0 Å². The largest absolute Gasteiger partial charge is 0.497 e. The Morgan fingerprint density at radius 3 is 2.41 bits per heavy atom. The number of anilines is 2. The van der Waals surface area contributed by atoms with Crippen LogP contribution in [0.2, 0.25) is 0 Å². The summed E-state index contributed by atoms with van der Waals surface area (Å²) < 4.78 is 11.0. The van der Waals surface area contributed by atoms with E-state index in [1.54, 1.807) is 13.2 Å². The number of hydrogen-bond donors (Lipinski definition) is 2. The number of carbonyl (C=O) groups excluding carboxylic acids is 1. The van der Waals surface area contributed by atoms with E-state index in [0.29, 0.717) is 11.4 Å². The standard InChI is InChI=1S/C22H30N2O3/c1-3-4-5-6-7-14-27-21-13-8-10-18(15-21)23-17-22(25)24-19-11-9-12-20(16-19)26-2/h8-13,15-16,23H,3-7,14,17H2,1-2H3,(H,24,25). The third-order valence-electron chi connectivity index (χ3n) is 4.16. The van der Waals surface area contributed by atoms with Crippen LogP contribution in [0.1, 0.15) is 39.0 Å². The van der Waals surface area contributed by atoms with E-state index in [2.05, 4.69) is 17.6 Å². The van der Waals surface area contributed by atoms with Crippen molar-refractivity contribution in [3.05, 3.63) is 48.5 Å². The number of amides is 1. The summed E-state index contributed by atoms with van der Waals surface area (Å²) >= 11 is 0. The molecule has 0 bridgehead atoms. The number of nitrogens with one attached hydrogen (secondary N) is 2. The quantitative estimate of drug-likeness (QED) is 0.511. The minimum atomic E-state index is -0.120. The van der Waals surface area contributed by atoms with Gasteiger partial charge in [-0.1, -0.05) is 44.7 Å². The van der Waals surface area contributed by atoms with Crippen molar-refractivity contribution in [1.29, 1.82) is 0 Å². The van der Waals surface area contributed by atoms with Crippen molar-refractivity contribution >= 4 is 17.3 Å². The Kier molecular flexibility index (Phi) is 9.04. The number of hydrogen-bond acceptors (Lipinski definition) is 4. The molecule has 0 saturated heterocycles. The van der Waals surface area contributed by atoms with E-state index in [1.807, 2.05) is 42.5 Å². The van der Waals surface area contributed by atoms with E-state index in [4.69, 9.17) is 9.47 Å². The molecule has 0 saturated carbocycles. The number of methoxy groups -OCH3 is 1. The molecule has 0 atom stereocenters. The van der Waals surface area contributed by atoms with Crippen molar-refractivity contribution in [3.63, 3.8) is 0 Å². The smallest absolute Gasteiger partial charge is 0.243 e. The van der Waals surface area contributed by atoms with E-state index in [1.165, 1.54) is 25.7 Å². The molecule has 1 amide bonds. The van der Waals surface area contributed by atoms with Gasteiger partial charge >= 0.3 is 0 Å². The third kappa shape index (κ3) is 8.03. The molecule has 0 aliphatic carbocycles. The van der Waals surface area contributed by atoms with Gasteiger partial charge in [0.1, 0.15) is 11.5 Å². The molecule has 0 aromatic heterocycles. The van der Waals surface area contributed by atoms with Crippen molar-refractivity contribution < 1.29 is 14.3 Å². The molecule has 0 unspecified atom stereocenters. The molecular weight excluding hydrogens is 340 g/mol. The van der Waals surface area contributed by atoms with Gasteiger partial charge in [-0.25, -0.2) is 0 Å². The second kappa shape index (κ2) is 11.8. The lowest BCUT2D eigenvalue weighted by Crippen LogP contribution is -2.21. The average Bonchev–Trinajstić information content (AvgIpc) is 2.69. The first-order valence-corrected chi connectivity index (χ1v) is 9.62. The maximum atomic E-state index is 12.1. The zero-order chi connectivity index (χ0) is 19.3. The summed E-state index contributed by atoms with van der Waals surface area (Å²) in [5.41, 5.74) is 1.57. The monoisotopic (exact) mass is 370 g/mol. The molecule has 0 aliphatic rings. The zero-order valence-electron chi connectivity index (χ0n) is 16.3. The lowest BCUT2D eigenvalue weighted by atomic mass is 10.2. The fourth-order valence-electron chi connectivity index (χ4n) is 2.68. The summed E-state index contributed by atoms with van der Waals surface area (Å²) in [6, 6.07) is 15.0. The molecule has 0 heterocycles. The van der Waals surface area contributed by atoms with Gasteiger partial charge in [0, 0.05) is 23.5 Å². The van der Waals surface area contributed by atoms with Crippen molar-refractivity contribution in [2.45, 2.75) is 39.0 Å². The van der Waals surface area contributed by atoms with Gasteiger partial charge in [-0.05, 0) is 30.7 Å². The first-order valence-electron chi connectivity index (χ1n) is 9.62. The van der Waals surface area contributed by atoms with Crippen LogP contribution in [-0.2, 0) is 4.79 Å². The molecule has 146 valence electrons. The van der Waals surface area contributed by atoms with E-state index in [-0.39, 0.29) is 12.5 Å². The van der Waals surface area contributed by atoms with Gasteiger partial charge in [0.2, 0.25) is 5.91 Å². The predicted octanol–water partition coefficient (Wildman–Crippen LogP) is 5.10. The van der Waals surface area contributed by atoms with Crippen LogP contribution in [0, 0.1) is 0 Å². The van der Waals surface area contributed by atoms with E-state index >= 15 is 0 Å². The molecule has 0 aliphatic heterocycles. The average molecular weight is 370 g/mol. The van der Waals surface area contributed by atoms with Crippen molar-refractivity contribution in [2.75, 3.05) is 30.9 Å². The molecular formula is C22H30N2O3. The Labute approximate surface area is 162 Å². The predicted molar refractivity (Wildman–Crippen MR) is 111 cm³/mol. The number of rotatable bonds is 12. The van der Waals surface area contributed by atoms with Crippen LogP contribution in [0.5, 0.6) is 11.5 Å². The summed E-state index contributed by atoms with van der Waals surface area (Å²) in [4.78, 5) is 12.1. The van der Waals surface area contributed by atoms with Crippen molar-refractivity contribution in [2.24, 2.45) is 0 Å². The van der Waals surface area contributed by atoms with Crippen molar-refractivity contribution in [3.8, 4) is 11.5 Å². The molecule has 2 N–H and O–H groups in total. The first-order chi connectivity index (χ1) is 13.2. The SMILES string of the molecule is CCCCCCCOc1cccc(NCC(=O)Nc2cccc(OC)c2)c1. The third-order valence-corrected chi connectivity index (χ3v) is 4.16. The number of carbonyl (C=O) groups is 1. The topological polar surface area (TPSA) is 59.6 Å². The Morgan fingerprint density at radius 2 is 1.63 bits per heavy atom. The second-order valence-corrected chi connectivity index (χ2v) is 6.42. The minimum absolute atomic E-state index is 0.120. The lowest BCUT2D eigenvalue weighted by Gasteiger charge is -2.11. The van der Waals surface area contributed by atoms with Gasteiger partial charge in [0.05, 0.1) is 20.3 Å². The van der Waals surface area contributed by atoms with Crippen molar-refractivity contribution in [1.82, 2.24) is 0 Å². The van der Waals surface area contributed by atoms with Crippen LogP contribution >= 0.6 is 0 Å². The lowest BCUT2D eigenvalue weighted by molar-refractivity contribution is -0.114. The highest BCUT2D eigenvalue weighted by atomic mass is 16.5. The molecule has 27 heavy (non-hydrogen) atoms. The molecule has 0 radical (unpaired) electrons. The minimum Gasteiger partial charge on any atom is -0.497 e. The van der Waals surface area contributed by atoms with Gasteiger partial charge in [-0.2, -0.15) is 0 Å². The molecule has 0 spiro atoms. The van der Waals surface area contributed by atoms with Gasteiger partial charge in [0.25, 0.3) is 0 Å². The molecule has 2 rings (SSSR count). The molecule has 0 fully saturated rings.